The van der Waals surface area contributed by atoms with Gasteiger partial charge in [0.15, 0.2) is 0 Å². The third-order valence-electron chi connectivity index (χ3n) is 3.30. The van der Waals surface area contributed by atoms with E-state index in [9.17, 15) is 4.79 Å². The van der Waals surface area contributed by atoms with Crippen LogP contribution < -0.4 is 5.32 Å². The van der Waals surface area contributed by atoms with Gasteiger partial charge in [0.05, 0.1) is 0 Å². The first-order valence-electron chi connectivity index (χ1n) is 7.80. The molecule has 108 valence electrons. The molecule has 0 heterocycles. The van der Waals surface area contributed by atoms with Gasteiger partial charge in [-0.15, -0.1) is 0 Å². The lowest BCUT2D eigenvalue weighted by Crippen LogP contribution is -2.23. The second-order valence-corrected chi connectivity index (χ2v) is 5.95. The van der Waals surface area contributed by atoms with Crippen LogP contribution in [-0.4, -0.2) is 18.4 Å². The number of unbranched alkanes of at least 4 members (excludes halogenated alkanes) is 6. The van der Waals surface area contributed by atoms with Crippen LogP contribution in [0.15, 0.2) is 0 Å². The largest absolute Gasteiger partial charge is 0.315 e. The molecule has 0 saturated heterocycles. The number of hydrogen-bond donors (Lipinski definition) is 1. The number of hydrogen-bond acceptors (Lipinski definition) is 2. The highest BCUT2D eigenvalue weighted by Crippen LogP contribution is 2.10. The van der Waals surface area contributed by atoms with Crippen LogP contribution in [0, 0.1) is 5.92 Å². The van der Waals surface area contributed by atoms with Crippen LogP contribution in [0.2, 0.25) is 0 Å². The van der Waals surface area contributed by atoms with Crippen molar-refractivity contribution >= 4 is 5.78 Å². The number of nitrogens with one attached hydrogen (secondary N) is 1. The number of carbonyl (C=O) groups is 1. The van der Waals surface area contributed by atoms with Crippen molar-refractivity contribution in [2.24, 2.45) is 5.92 Å². The molecule has 0 rings (SSSR count). The lowest BCUT2D eigenvalue weighted by molar-refractivity contribution is -0.122. The quantitative estimate of drug-likeness (QED) is 0.526. The fraction of sp³-hybridized carbons (Fsp3) is 0.938. The zero-order valence-electron chi connectivity index (χ0n) is 12.9. The zero-order valence-corrected chi connectivity index (χ0v) is 12.9. The Balaban J connectivity index is 3.10. The minimum atomic E-state index is 0.221. The Morgan fingerprint density at radius 2 is 1.33 bits per heavy atom. The first-order valence-corrected chi connectivity index (χ1v) is 7.80. The van der Waals surface area contributed by atoms with E-state index in [-0.39, 0.29) is 5.92 Å². The maximum absolute atomic E-state index is 11.4. The van der Waals surface area contributed by atoms with Crippen molar-refractivity contribution in [1.29, 1.82) is 0 Å². The van der Waals surface area contributed by atoms with Gasteiger partial charge in [0.25, 0.3) is 0 Å². The summed E-state index contributed by atoms with van der Waals surface area (Å²) in [5, 5.41) is 3.44. The standard InChI is InChI=1S/C16H33NO/c1-14(2)16(18)12-10-8-6-5-7-9-11-13-17-15(3)4/h14-15,17H,5-13H2,1-4H3. The molecule has 0 unspecified atom stereocenters. The number of rotatable bonds is 12. The van der Waals surface area contributed by atoms with Gasteiger partial charge in [-0.05, 0) is 19.4 Å². The molecule has 0 aliphatic rings. The van der Waals surface area contributed by atoms with Crippen LogP contribution in [0.3, 0.4) is 0 Å². The van der Waals surface area contributed by atoms with E-state index >= 15 is 0 Å². The van der Waals surface area contributed by atoms with Crippen molar-refractivity contribution in [3.05, 3.63) is 0 Å². The monoisotopic (exact) mass is 255 g/mol. The molecule has 0 radical (unpaired) electrons. The molecular formula is C16H33NO. The van der Waals surface area contributed by atoms with Crippen molar-refractivity contribution in [1.82, 2.24) is 5.32 Å². The van der Waals surface area contributed by atoms with Crippen molar-refractivity contribution in [2.45, 2.75) is 85.1 Å². The molecule has 0 fully saturated rings. The Bertz CT molecular complexity index is 199. The van der Waals surface area contributed by atoms with E-state index in [2.05, 4.69) is 19.2 Å². The van der Waals surface area contributed by atoms with E-state index in [1.54, 1.807) is 0 Å². The fourth-order valence-electron chi connectivity index (χ4n) is 1.99. The van der Waals surface area contributed by atoms with E-state index in [0.29, 0.717) is 11.8 Å². The van der Waals surface area contributed by atoms with Crippen molar-refractivity contribution < 1.29 is 4.79 Å². The van der Waals surface area contributed by atoms with Gasteiger partial charge in [0, 0.05) is 18.4 Å². The third-order valence-corrected chi connectivity index (χ3v) is 3.30. The summed E-state index contributed by atoms with van der Waals surface area (Å²) < 4.78 is 0. The molecule has 0 aromatic rings. The van der Waals surface area contributed by atoms with Crippen LogP contribution in [0.4, 0.5) is 0 Å². The predicted molar refractivity (Wildman–Crippen MR) is 79.9 cm³/mol. The Hall–Kier alpha value is -0.370. The van der Waals surface area contributed by atoms with Crippen molar-refractivity contribution in [3.63, 3.8) is 0 Å². The van der Waals surface area contributed by atoms with Gasteiger partial charge in [-0.1, -0.05) is 59.8 Å². The lowest BCUT2D eigenvalue weighted by atomic mass is 10.0. The molecule has 0 aromatic heterocycles. The number of carbonyl (C=O) groups excluding carboxylic acids is 1. The average molecular weight is 255 g/mol. The van der Waals surface area contributed by atoms with Crippen molar-refractivity contribution in [2.75, 3.05) is 6.54 Å². The fourth-order valence-corrected chi connectivity index (χ4v) is 1.99. The summed E-state index contributed by atoms with van der Waals surface area (Å²) in [6, 6.07) is 0.614. The highest BCUT2D eigenvalue weighted by atomic mass is 16.1. The summed E-state index contributed by atoms with van der Waals surface area (Å²) in [5.74, 6) is 0.646. The summed E-state index contributed by atoms with van der Waals surface area (Å²) in [6.07, 6.45) is 9.71. The van der Waals surface area contributed by atoms with E-state index < -0.39 is 0 Å². The van der Waals surface area contributed by atoms with Crippen LogP contribution in [0.25, 0.3) is 0 Å². The molecule has 2 heteroatoms. The Morgan fingerprint density at radius 1 is 0.833 bits per heavy atom. The van der Waals surface area contributed by atoms with Crippen LogP contribution in [-0.2, 0) is 4.79 Å². The number of Topliss-reactive ketones (excluding diaryl/α,β-unsaturated/α-hetero) is 1. The SMILES string of the molecule is CC(C)NCCCCCCCCCC(=O)C(C)C. The molecule has 0 amide bonds. The van der Waals surface area contributed by atoms with Gasteiger partial charge in [0.2, 0.25) is 0 Å². The minimum absolute atomic E-state index is 0.221. The average Bonchev–Trinajstić information content (AvgIpc) is 2.30. The van der Waals surface area contributed by atoms with Gasteiger partial charge in [-0.2, -0.15) is 0 Å². The highest BCUT2D eigenvalue weighted by Gasteiger charge is 2.05. The molecule has 0 aliphatic carbocycles. The molecule has 0 bridgehead atoms. The molecule has 0 aliphatic heterocycles. The van der Waals surface area contributed by atoms with E-state index in [1.165, 1.54) is 38.5 Å². The summed E-state index contributed by atoms with van der Waals surface area (Å²) in [6.45, 7) is 9.53. The molecule has 18 heavy (non-hydrogen) atoms. The Labute approximate surface area is 114 Å². The molecule has 0 saturated carbocycles. The molecule has 2 nitrogen and oxygen atoms in total. The summed E-state index contributed by atoms with van der Waals surface area (Å²) in [7, 11) is 0. The molecule has 0 atom stereocenters. The summed E-state index contributed by atoms with van der Waals surface area (Å²) in [5.41, 5.74) is 0. The van der Waals surface area contributed by atoms with E-state index in [4.69, 9.17) is 0 Å². The third kappa shape index (κ3) is 12.1. The molecule has 0 aromatic carbocycles. The lowest BCUT2D eigenvalue weighted by Gasteiger charge is -2.07. The smallest absolute Gasteiger partial charge is 0.135 e. The van der Waals surface area contributed by atoms with E-state index in [0.717, 1.165) is 19.4 Å². The second-order valence-electron chi connectivity index (χ2n) is 5.95. The van der Waals surface area contributed by atoms with Gasteiger partial charge in [-0.25, -0.2) is 0 Å². The topological polar surface area (TPSA) is 29.1 Å². The molecule has 1 N–H and O–H groups in total. The van der Waals surface area contributed by atoms with Crippen LogP contribution in [0.5, 0.6) is 0 Å². The first-order chi connectivity index (χ1) is 8.54. The predicted octanol–water partition coefficient (Wildman–Crippen LogP) is 4.33. The Morgan fingerprint density at radius 3 is 1.83 bits per heavy atom. The van der Waals surface area contributed by atoms with E-state index in [1.807, 2.05) is 13.8 Å². The Kier molecular flexibility index (Phi) is 11.5. The van der Waals surface area contributed by atoms with Gasteiger partial charge >= 0.3 is 0 Å². The van der Waals surface area contributed by atoms with Gasteiger partial charge in [0.1, 0.15) is 5.78 Å². The molecular weight excluding hydrogens is 222 g/mol. The van der Waals surface area contributed by atoms with Gasteiger partial charge in [-0.3, -0.25) is 4.79 Å². The second kappa shape index (κ2) is 11.7. The maximum atomic E-state index is 11.4. The molecule has 0 spiro atoms. The van der Waals surface area contributed by atoms with Gasteiger partial charge < -0.3 is 5.32 Å². The summed E-state index contributed by atoms with van der Waals surface area (Å²) >= 11 is 0. The van der Waals surface area contributed by atoms with Crippen LogP contribution >= 0.6 is 0 Å². The highest BCUT2D eigenvalue weighted by molar-refractivity contribution is 5.80. The normalized spacial score (nSPS) is 11.4. The first kappa shape index (κ1) is 17.6. The zero-order chi connectivity index (χ0) is 13.8. The summed E-state index contributed by atoms with van der Waals surface area (Å²) in [4.78, 5) is 11.4. The van der Waals surface area contributed by atoms with Crippen LogP contribution in [0.1, 0.15) is 79.1 Å². The van der Waals surface area contributed by atoms with Crippen molar-refractivity contribution in [3.8, 4) is 0 Å². The minimum Gasteiger partial charge on any atom is -0.315 e. The number of ketones is 1. The maximum Gasteiger partial charge on any atom is 0.135 e.